The summed E-state index contributed by atoms with van der Waals surface area (Å²) in [6.45, 7) is 2.09. The highest BCUT2D eigenvalue weighted by atomic mass is 16.5. The maximum absolute atomic E-state index is 5.27. The number of hydrogen-bond donors (Lipinski definition) is 2. The number of methoxy groups -OCH3 is 1. The number of nitrogens with one attached hydrogen (secondary N) is 2. The lowest BCUT2D eigenvalue weighted by Gasteiger charge is -2.20. The largest absolute Gasteiger partial charge is 0.497 e. The predicted octanol–water partition coefficient (Wildman–Crippen LogP) is 2.21. The first-order valence-corrected chi connectivity index (χ1v) is 9.12. The lowest BCUT2D eigenvalue weighted by molar-refractivity contribution is 0.414. The third-order valence-corrected chi connectivity index (χ3v) is 5.44. The molecule has 2 unspecified atom stereocenters. The first-order valence-electron chi connectivity index (χ1n) is 9.12. The lowest BCUT2D eigenvalue weighted by atomic mass is 9.98. The zero-order chi connectivity index (χ0) is 17.5. The van der Waals surface area contributed by atoms with Crippen molar-refractivity contribution in [1.29, 1.82) is 0 Å². The normalized spacial score (nSPS) is 22.7. The van der Waals surface area contributed by atoms with Crippen molar-refractivity contribution in [2.75, 3.05) is 25.5 Å². The lowest BCUT2D eigenvalue weighted by Crippen LogP contribution is -2.30. The van der Waals surface area contributed by atoms with Gasteiger partial charge in [-0.3, -0.25) is 9.38 Å². The molecule has 1 aliphatic carbocycles. The summed E-state index contributed by atoms with van der Waals surface area (Å²) >= 11 is 0. The summed E-state index contributed by atoms with van der Waals surface area (Å²) in [5, 5.41) is 7.10. The number of hydrogen-bond acceptors (Lipinski definition) is 6. The Kier molecular flexibility index (Phi) is 3.74. The average molecular weight is 350 g/mol. The molecule has 3 aromatic rings. The van der Waals surface area contributed by atoms with E-state index < -0.39 is 0 Å². The van der Waals surface area contributed by atoms with Crippen LogP contribution in [0.15, 0.2) is 36.9 Å². The summed E-state index contributed by atoms with van der Waals surface area (Å²) in [6.07, 6.45) is 10.1. The molecule has 0 radical (unpaired) electrons. The van der Waals surface area contributed by atoms with E-state index in [1.807, 2.05) is 28.9 Å². The molecule has 0 bridgehead atoms. The van der Waals surface area contributed by atoms with Crippen LogP contribution in [0.4, 0.5) is 5.82 Å². The minimum Gasteiger partial charge on any atom is -0.497 e. The fourth-order valence-corrected chi connectivity index (χ4v) is 3.90. The van der Waals surface area contributed by atoms with Gasteiger partial charge >= 0.3 is 0 Å². The predicted molar refractivity (Wildman–Crippen MR) is 99.3 cm³/mol. The molecule has 2 N–H and O–H groups in total. The van der Waals surface area contributed by atoms with Gasteiger partial charge in [-0.1, -0.05) is 0 Å². The van der Waals surface area contributed by atoms with Crippen molar-refractivity contribution in [3.8, 4) is 17.1 Å². The third kappa shape index (κ3) is 2.78. The minimum absolute atomic E-state index is 0.429. The monoisotopic (exact) mass is 350 g/mol. The van der Waals surface area contributed by atoms with Crippen LogP contribution in [0.2, 0.25) is 0 Å². The molecule has 26 heavy (non-hydrogen) atoms. The van der Waals surface area contributed by atoms with Gasteiger partial charge in [-0.2, -0.15) is 0 Å². The summed E-state index contributed by atoms with van der Waals surface area (Å²) in [4.78, 5) is 13.7. The van der Waals surface area contributed by atoms with Crippen molar-refractivity contribution in [3.05, 3.63) is 36.9 Å². The molecule has 2 fully saturated rings. The summed E-state index contributed by atoms with van der Waals surface area (Å²) in [5.41, 5.74) is 2.55. The van der Waals surface area contributed by atoms with Crippen molar-refractivity contribution in [3.63, 3.8) is 0 Å². The number of rotatable bonds is 5. The van der Waals surface area contributed by atoms with Gasteiger partial charge in [0.15, 0.2) is 0 Å². The van der Waals surface area contributed by atoms with E-state index in [0.29, 0.717) is 12.0 Å². The molecule has 1 saturated heterocycles. The Balaban J connectivity index is 1.43. The quantitative estimate of drug-likeness (QED) is 0.735. The highest BCUT2D eigenvalue weighted by molar-refractivity contribution is 5.61. The molecule has 0 amide bonds. The van der Waals surface area contributed by atoms with E-state index in [0.717, 1.165) is 47.6 Å². The van der Waals surface area contributed by atoms with Gasteiger partial charge in [0.2, 0.25) is 0 Å². The van der Waals surface area contributed by atoms with Crippen LogP contribution in [0.25, 0.3) is 17.0 Å². The first kappa shape index (κ1) is 15.6. The number of fused-ring (bicyclic) bond motifs is 1. The first-order chi connectivity index (χ1) is 12.8. The van der Waals surface area contributed by atoms with Crippen molar-refractivity contribution in [2.24, 2.45) is 11.8 Å². The van der Waals surface area contributed by atoms with Crippen LogP contribution < -0.4 is 15.4 Å². The fourth-order valence-electron chi connectivity index (χ4n) is 3.90. The number of anilines is 1. The van der Waals surface area contributed by atoms with Gasteiger partial charge in [-0.05, 0) is 30.7 Å². The number of imidazole rings is 1. The van der Waals surface area contributed by atoms with Crippen molar-refractivity contribution >= 4 is 11.5 Å². The van der Waals surface area contributed by atoms with Gasteiger partial charge in [0.25, 0.3) is 0 Å². The maximum Gasteiger partial charge on any atom is 0.145 e. The van der Waals surface area contributed by atoms with Gasteiger partial charge in [0.1, 0.15) is 22.9 Å². The van der Waals surface area contributed by atoms with Crippen LogP contribution in [0, 0.1) is 11.8 Å². The number of pyridine rings is 1. The molecule has 7 heteroatoms. The Morgan fingerprint density at radius 3 is 3.00 bits per heavy atom. The zero-order valence-electron chi connectivity index (χ0n) is 14.7. The smallest absolute Gasteiger partial charge is 0.145 e. The van der Waals surface area contributed by atoms with Crippen LogP contribution in [-0.4, -0.2) is 45.6 Å². The Labute approximate surface area is 151 Å². The van der Waals surface area contributed by atoms with E-state index in [-0.39, 0.29) is 0 Å². The van der Waals surface area contributed by atoms with Crippen LogP contribution in [0.1, 0.15) is 12.8 Å². The second-order valence-corrected chi connectivity index (χ2v) is 7.14. The fraction of sp³-hybridized carbons (Fsp3) is 0.421. The highest BCUT2D eigenvalue weighted by Crippen LogP contribution is 2.40. The van der Waals surface area contributed by atoms with Gasteiger partial charge in [0.05, 0.1) is 31.4 Å². The van der Waals surface area contributed by atoms with Crippen LogP contribution in [0.3, 0.4) is 0 Å². The summed E-state index contributed by atoms with van der Waals surface area (Å²) < 4.78 is 7.27. The Morgan fingerprint density at radius 1 is 1.23 bits per heavy atom. The van der Waals surface area contributed by atoms with Crippen molar-refractivity contribution in [1.82, 2.24) is 24.7 Å². The summed E-state index contributed by atoms with van der Waals surface area (Å²) in [6, 6.07) is 4.25. The van der Waals surface area contributed by atoms with Gasteiger partial charge < -0.3 is 15.4 Å². The van der Waals surface area contributed by atoms with E-state index in [1.165, 1.54) is 12.8 Å². The summed E-state index contributed by atoms with van der Waals surface area (Å²) in [7, 11) is 1.66. The van der Waals surface area contributed by atoms with E-state index in [9.17, 15) is 0 Å². The van der Waals surface area contributed by atoms with Crippen LogP contribution in [0.5, 0.6) is 5.75 Å². The SMILES string of the molecule is COc1ccn2c(-c3cncc(NC4CNCC4C4CC4)n3)cnc2c1. The topological polar surface area (TPSA) is 76.4 Å². The Hall–Kier alpha value is -2.67. The molecule has 2 aliphatic rings. The van der Waals surface area contributed by atoms with Gasteiger partial charge in [-0.15, -0.1) is 0 Å². The highest BCUT2D eigenvalue weighted by Gasteiger charge is 2.39. The van der Waals surface area contributed by atoms with E-state index in [1.54, 1.807) is 19.5 Å². The molecular formula is C19H22N6O. The minimum atomic E-state index is 0.429. The van der Waals surface area contributed by atoms with Crippen molar-refractivity contribution < 1.29 is 4.74 Å². The van der Waals surface area contributed by atoms with Crippen LogP contribution >= 0.6 is 0 Å². The molecule has 1 saturated carbocycles. The van der Waals surface area contributed by atoms with E-state index >= 15 is 0 Å². The second-order valence-electron chi connectivity index (χ2n) is 7.14. The van der Waals surface area contributed by atoms with Crippen LogP contribution in [-0.2, 0) is 0 Å². The molecule has 2 atom stereocenters. The average Bonchev–Trinajstić information content (AvgIpc) is 3.26. The third-order valence-electron chi connectivity index (χ3n) is 5.44. The molecule has 0 aromatic carbocycles. The van der Waals surface area contributed by atoms with E-state index in [2.05, 4.69) is 20.6 Å². The number of aromatic nitrogens is 4. The summed E-state index contributed by atoms with van der Waals surface area (Å²) in [5.74, 6) is 3.18. The van der Waals surface area contributed by atoms with Gasteiger partial charge in [-0.25, -0.2) is 9.97 Å². The number of ether oxygens (including phenoxy) is 1. The molecule has 7 nitrogen and oxygen atoms in total. The Bertz CT molecular complexity index is 935. The Morgan fingerprint density at radius 2 is 2.15 bits per heavy atom. The zero-order valence-corrected chi connectivity index (χ0v) is 14.7. The molecular weight excluding hydrogens is 328 g/mol. The molecule has 5 rings (SSSR count). The molecule has 0 spiro atoms. The molecule has 1 aliphatic heterocycles. The maximum atomic E-state index is 5.27. The van der Waals surface area contributed by atoms with E-state index in [4.69, 9.17) is 9.72 Å². The van der Waals surface area contributed by atoms with Crippen molar-refractivity contribution in [2.45, 2.75) is 18.9 Å². The molecule has 134 valence electrons. The standard InChI is InChI=1S/C19H22N6O/c1-26-13-4-5-25-17(10-22-19(25)6-13)16-9-21-11-18(24-16)23-15-8-20-7-14(15)12-2-3-12/h4-6,9-12,14-15,20H,2-3,7-8H2,1H3,(H,23,24). The van der Waals surface area contributed by atoms with Gasteiger partial charge in [0, 0.05) is 31.4 Å². The number of nitrogens with zero attached hydrogens (tertiary/aromatic N) is 4. The second kappa shape index (κ2) is 6.25. The molecule has 4 heterocycles. The molecule has 3 aromatic heterocycles.